The predicted octanol–water partition coefficient (Wildman–Crippen LogP) is 3.09. The highest BCUT2D eigenvalue weighted by atomic mass is 19.1. The van der Waals surface area contributed by atoms with E-state index in [4.69, 9.17) is 4.42 Å². The van der Waals surface area contributed by atoms with Crippen LogP contribution in [0.25, 0.3) is 11.1 Å². The molecule has 3 nitrogen and oxygen atoms in total. The second-order valence-corrected chi connectivity index (χ2v) is 4.55. The molecule has 1 heterocycles. The summed E-state index contributed by atoms with van der Waals surface area (Å²) in [7, 11) is 0. The van der Waals surface area contributed by atoms with Gasteiger partial charge in [0.15, 0.2) is 5.58 Å². The van der Waals surface area contributed by atoms with Crippen molar-refractivity contribution in [2.45, 2.75) is 13.5 Å². The van der Waals surface area contributed by atoms with Gasteiger partial charge in [-0.15, -0.1) is 0 Å². The maximum atomic E-state index is 12.9. The Morgan fingerprint density at radius 2 is 1.89 bits per heavy atom. The fraction of sp³-hybridized carbons (Fsp3) is 0.133. The average molecular weight is 257 g/mol. The Bertz CT molecular complexity index is 784. The molecule has 2 aromatic carbocycles. The third-order valence-electron chi connectivity index (χ3n) is 3.08. The summed E-state index contributed by atoms with van der Waals surface area (Å²) in [6, 6.07) is 11.7. The van der Waals surface area contributed by atoms with E-state index in [1.807, 2.05) is 19.1 Å². The number of hydrogen-bond donors (Lipinski definition) is 0. The summed E-state index contributed by atoms with van der Waals surface area (Å²) in [5.41, 5.74) is 3.24. The van der Waals surface area contributed by atoms with Crippen LogP contribution in [0.15, 0.2) is 51.7 Å². The summed E-state index contributed by atoms with van der Waals surface area (Å²) >= 11 is 0. The number of halogens is 1. The number of oxazole rings is 1. The molecule has 1 aromatic heterocycles. The molecule has 19 heavy (non-hydrogen) atoms. The van der Waals surface area contributed by atoms with Crippen LogP contribution in [0.1, 0.15) is 11.1 Å². The number of rotatable bonds is 2. The lowest BCUT2D eigenvalue weighted by molar-refractivity contribution is 0.517. The Morgan fingerprint density at radius 3 is 2.63 bits per heavy atom. The lowest BCUT2D eigenvalue weighted by Crippen LogP contribution is -2.14. The quantitative estimate of drug-likeness (QED) is 0.707. The predicted molar refractivity (Wildman–Crippen MR) is 70.7 cm³/mol. The van der Waals surface area contributed by atoms with Crippen molar-refractivity contribution in [1.29, 1.82) is 0 Å². The molecule has 0 amide bonds. The zero-order valence-corrected chi connectivity index (χ0v) is 10.4. The fourth-order valence-electron chi connectivity index (χ4n) is 2.09. The molecule has 0 aliphatic heterocycles. The summed E-state index contributed by atoms with van der Waals surface area (Å²) in [5.74, 6) is -0.686. The van der Waals surface area contributed by atoms with Gasteiger partial charge in [-0.3, -0.25) is 4.57 Å². The first-order valence-corrected chi connectivity index (χ1v) is 5.98. The van der Waals surface area contributed by atoms with Crippen LogP contribution in [0.3, 0.4) is 0 Å². The smallest absolute Gasteiger partial charge is 0.408 e. The molecule has 0 fully saturated rings. The molecule has 0 atom stereocenters. The summed E-state index contributed by atoms with van der Waals surface area (Å²) < 4.78 is 19.6. The highest BCUT2D eigenvalue weighted by molar-refractivity contribution is 5.73. The first-order chi connectivity index (χ1) is 9.13. The minimum absolute atomic E-state index is 0.288. The van der Waals surface area contributed by atoms with Gasteiger partial charge < -0.3 is 4.42 Å². The third-order valence-corrected chi connectivity index (χ3v) is 3.08. The van der Waals surface area contributed by atoms with Crippen molar-refractivity contribution in [3.63, 3.8) is 0 Å². The maximum absolute atomic E-state index is 12.9. The number of aromatic nitrogens is 1. The molecular formula is C15H12FNO2. The van der Waals surface area contributed by atoms with Crippen molar-refractivity contribution in [3.05, 3.63) is 70.0 Å². The molecule has 0 unspecified atom stereocenters. The monoisotopic (exact) mass is 257 g/mol. The van der Waals surface area contributed by atoms with Gasteiger partial charge in [-0.1, -0.05) is 18.2 Å². The van der Waals surface area contributed by atoms with E-state index in [2.05, 4.69) is 0 Å². The van der Waals surface area contributed by atoms with Crippen LogP contribution in [0.2, 0.25) is 0 Å². The van der Waals surface area contributed by atoms with Crippen LogP contribution in [-0.2, 0) is 6.54 Å². The molecule has 4 heteroatoms. The molecule has 3 aromatic rings. The van der Waals surface area contributed by atoms with Crippen molar-refractivity contribution in [3.8, 4) is 0 Å². The van der Waals surface area contributed by atoms with E-state index in [1.165, 1.54) is 12.1 Å². The Hall–Kier alpha value is -2.36. The van der Waals surface area contributed by atoms with E-state index >= 15 is 0 Å². The molecule has 0 saturated heterocycles. The molecule has 96 valence electrons. The topological polar surface area (TPSA) is 35.1 Å². The molecule has 0 N–H and O–H groups in total. The summed E-state index contributed by atoms with van der Waals surface area (Å²) in [6.45, 7) is 2.33. The number of hydrogen-bond acceptors (Lipinski definition) is 2. The molecule has 0 spiro atoms. The van der Waals surface area contributed by atoms with E-state index in [-0.39, 0.29) is 5.82 Å². The van der Waals surface area contributed by atoms with Gasteiger partial charge in [-0.25, -0.2) is 9.18 Å². The summed E-state index contributed by atoms with van der Waals surface area (Å²) in [5, 5.41) is 0. The Morgan fingerprint density at radius 1 is 1.16 bits per heavy atom. The Balaban J connectivity index is 2.09. The van der Waals surface area contributed by atoms with Crippen molar-refractivity contribution in [2.75, 3.05) is 0 Å². The molecule has 0 aliphatic rings. The zero-order chi connectivity index (χ0) is 13.4. The molecule has 0 aliphatic carbocycles. The van der Waals surface area contributed by atoms with E-state index in [0.717, 1.165) is 16.6 Å². The fourth-order valence-corrected chi connectivity index (χ4v) is 2.09. The molecular weight excluding hydrogens is 245 g/mol. The highest BCUT2D eigenvalue weighted by Gasteiger charge is 2.09. The standard InChI is InChI=1S/C15H12FNO2/c1-10-2-7-14-13(8-10)17(15(18)19-14)9-11-3-5-12(16)6-4-11/h2-8H,9H2,1H3. The first-order valence-electron chi connectivity index (χ1n) is 5.98. The second kappa shape index (κ2) is 4.39. The molecule has 0 saturated carbocycles. The van der Waals surface area contributed by atoms with Gasteiger partial charge in [0.1, 0.15) is 5.82 Å². The lowest BCUT2D eigenvalue weighted by Gasteiger charge is -2.03. The minimum atomic E-state index is -0.398. The van der Waals surface area contributed by atoms with E-state index < -0.39 is 5.76 Å². The SMILES string of the molecule is Cc1ccc2oc(=O)n(Cc3ccc(F)cc3)c2c1. The van der Waals surface area contributed by atoms with Crippen molar-refractivity contribution >= 4 is 11.1 Å². The Kier molecular flexibility index (Phi) is 2.71. The summed E-state index contributed by atoms with van der Waals surface area (Å²) in [6.07, 6.45) is 0. The van der Waals surface area contributed by atoms with Crippen molar-refractivity contribution in [2.24, 2.45) is 0 Å². The molecule has 0 bridgehead atoms. The Labute approximate surface area is 108 Å². The van der Waals surface area contributed by atoms with Crippen LogP contribution in [-0.4, -0.2) is 4.57 Å². The second-order valence-electron chi connectivity index (χ2n) is 4.55. The van der Waals surface area contributed by atoms with E-state index in [9.17, 15) is 9.18 Å². The lowest BCUT2D eigenvalue weighted by atomic mass is 10.2. The van der Waals surface area contributed by atoms with Crippen LogP contribution in [0, 0.1) is 12.7 Å². The minimum Gasteiger partial charge on any atom is -0.408 e. The van der Waals surface area contributed by atoms with E-state index in [1.54, 1.807) is 22.8 Å². The largest absolute Gasteiger partial charge is 0.420 e. The van der Waals surface area contributed by atoms with Crippen LogP contribution in [0.4, 0.5) is 4.39 Å². The third kappa shape index (κ3) is 2.17. The number of benzene rings is 2. The maximum Gasteiger partial charge on any atom is 0.420 e. The van der Waals surface area contributed by atoms with Crippen molar-refractivity contribution in [1.82, 2.24) is 4.57 Å². The average Bonchev–Trinajstić information content (AvgIpc) is 2.69. The highest BCUT2D eigenvalue weighted by Crippen LogP contribution is 2.16. The van der Waals surface area contributed by atoms with Crippen molar-refractivity contribution < 1.29 is 8.81 Å². The van der Waals surface area contributed by atoms with E-state index in [0.29, 0.717) is 12.1 Å². The molecule has 3 rings (SSSR count). The van der Waals surface area contributed by atoms with Gasteiger partial charge in [0.2, 0.25) is 0 Å². The first kappa shape index (κ1) is 11.7. The number of fused-ring (bicyclic) bond motifs is 1. The van der Waals surface area contributed by atoms with Gasteiger partial charge >= 0.3 is 5.76 Å². The van der Waals surface area contributed by atoms with Crippen LogP contribution < -0.4 is 5.76 Å². The normalized spacial score (nSPS) is 11.1. The van der Waals surface area contributed by atoms with Crippen LogP contribution >= 0.6 is 0 Å². The number of nitrogens with zero attached hydrogens (tertiary/aromatic N) is 1. The van der Waals surface area contributed by atoms with Gasteiger partial charge in [-0.2, -0.15) is 0 Å². The van der Waals surface area contributed by atoms with Gasteiger partial charge in [0, 0.05) is 0 Å². The summed E-state index contributed by atoms with van der Waals surface area (Å²) in [4.78, 5) is 11.8. The zero-order valence-electron chi connectivity index (χ0n) is 10.4. The molecule has 0 radical (unpaired) electrons. The van der Waals surface area contributed by atoms with Crippen LogP contribution in [0.5, 0.6) is 0 Å². The van der Waals surface area contributed by atoms with Gasteiger partial charge in [-0.05, 0) is 42.3 Å². The number of aryl methyl sites for hydroxylation is 1. The van der Waals surface area contributed by atoms with Gasteiger partial charge in [0.25, 0.3) is 0 Å². The van der Waals surface area contributed by atoms with Gasteiger partial charge in [0.05, 0.1) is 12.1 Å².